The summed E-state index contributed by atoms with van der Waals surface area (Å²) in [5, 5.41) is 10.9. The van der Waals surface area contributed by atoms with Crippen molar-refractivity contribution in [1.82, 2.24) is 9.97 Å². The summed E-state index contributed by atoms with van der Waals surface area (Å²) in [7, 11) is 0. The molecule has 1 N–H and O–H groups in total. The minimum absolute atomic E-state index is 0.146. The topological polar surface area (TPSA) is 55.2 Å². The lowest BCUT2D eigenvalue weighted by Crippen LogP contribution is -2.28. The van der Waals surface area contributed by atoms with E-state index in [0.29, 0.717) is 0 Å². The van der Waals surface area contributed by atoms with E-state index in [0.717, 1.165) is 66.5 Å². The molecule has 3 rings (SSSR count). The summed E-state index contributed by atoms with van der Waals surface area (Å²) in [6.07, 6.45) is 24.7. The van der Waals surface area contributed by atoms with Crippen molar-refractivity contribution in [1.29, 1.82) is 0 Å². The lowest BCUT2D eigenvalue weighted by Gasteiger charge is -2.37. The molecular weight excluding hydrogens is 533 g/mol. The van der Waals surface area contributed by atoms with Crippen molar-refractivity contribution in [3.63, 3.8) is 0 Å². The van der Waals surface area contributed by atoms with Crippen LogP contribution in [0.25, 0.3) is 11.4 Å². The van der Waals surface area contributed by atoms with Gasteiger partial charge in [-0.1, -0.05) is 97.3 Å². The lowest BCUT2D eigenvalue weighted by atomic mass is 10.0. The highest BCUT2D eigenvalue weighted by atomic mass is 32.2. The number of unbranched alkanes of at least 4 members (excludes halogenated alkanes) is 12. The normalized spacial score (nSPS) is 15.7. The van der Waals surface area contributed by atoms with E-state index in [1.807, 2.05) is 48.1 Å². The Balaban J connectivity index is 1.43. The first-order valence-corrected chi connectivity index (χ1v) is 18.2. The second-order valence-electron chi connectivity index (χ2n) is 11.4. The molecule has 1 saturated heterocycles. The quantitative estimate of drug-likeness (QED) is 0.147. The van der Waals surface area contributed by atoms with Crippen LogP contribution in [0.4, 0.5) is 0 Å². The second kappa shape index (κ2) is 19.8. The van der Waals surface area contributed by atoms with Crippen LogP contribution in [0.2, 0.25) is 0 Å². The van der Waals surface area contributed by atoms with E-state index in [1.165, 1.54) is 83.5 Å². The Labute approximate surface area is 253 Å². The average molecular weight is 587 g/mol. The molecule has 0 radical (unpaired) electrons. The van der Waals surface area contributed by atoms with Crippen LogP contribution in [0, 0.1) is 0 Å². The van der Waals surface area contributed by atoms with Gasteiger partial charge in [0.05, 0.1) is 16.8 Å². The second-order valence-corrected chi connectivity index (χ2v) is 14.4. The predicted molar refractivity (Wildman–Crippen MR) is 175 cm³/mol. The smallest absolute Gasteiger partial charge is 0.159 e. The maximum Gasteiger partial charge on any atom is 0.159 e. The van der Waals surface area contributed by atoms with Gasteiger partial charge in [0.25, 0.3) is 0 Å². The van der Waals surface area contributed by atoms with Crippen molar-refractivity contribution in [3.8, 4) is 17.1 Å². The molecule has 1 atom stereocenters. The van der Waals surface area contributed by atoms with E-state index in [1.54, 1.807) is 0 Å². The third-order valence-corrected chi connectivity index (χ3v) is 11.3. The van der Waals surface area contributed by atoms with Gasteiger partial charge in [-0.2, -0.15) is 0 Å². The SMILES string of the molecule is CCCCCCCCCCCCOc1ccc(-c2ncc(C3(C[C@H](O)CCCCCC)SCCCS3)cn2)cc1. The molecule has 1 aliphatic rings. The molecular formula is C34H54N2O2S2. The first kappa shape index (κ1) is 33.3. The first-order valence-electron chi connectivity index (χ1n) is 16.2. The van der Waals surface area contributed by atoms with Crippen LogP contribution < -0.4 is 4.74 Å². The van der Waals surface area contributed by atoms with Crippen molar-refractivity contribution in [3.05, 3.63) is 42.2 Å². The van der Waals surface area contributed by atoms with E-state index in [2.05, 4.69) is 26.0 Å². The van der Waals surface area contributed by atoms with Gasteiger partial charge in [0.2, 0.25) is 0 Å². The van der Waals surface area contributed by atoms with Crippen molar-refractivity contribution in [2.45, 2.75) is 133 Å². The van der Waals surface area contributed by atoms with Crippen molar-refractivity contribution in [2.24, 2.45) is 0 Å². The molecule has 6 heteroatoms. The van der Waals surface area contributed by atoms with Gasteiger partial charge in [-0.15, -0.1) is 23.5 Å². The van der Waals surface area contributed by atoms with E-state index in [4.69, 9.17) is 14.7 Å². The van der Waals surface area contributed by atoms with Gasteiger partial charge >= 0.3 is 0 Å². The zero-order valence-corrected chi connectivity index (χ0v) is 26.9. The largest absolute Gasteiger partial charge is 0.494 e. The van der Waals surface area contributed by atoms with Crippen LogP contribution in [0.3, 0.4) is 0 Å². The Bertz CT molecular complexity index is 901. The van der Waals surface area contributed by atoms with Crippen molar-refractivity contribution < 1.29 is 9.84 Å². The fourth-order valence-corrected chi connectivity index (χ4v) is 8.77. The highest BCUT2D eigenvalue weighted by molar-refractivity contribution is 8.18. The number of hydrogen-bond donors (Lipinski definition) is 1. The minimum atomic E-state index is -0.275. The van der Waals surface area contributed by atoms with Gasteiger partial charge < -0.3 is 9.84 Å². The maximum atomic E-state index is 10.9. The summed E-state index contributed by atoms with van der Waals surface area (Å²) in [5.74, 6) is 3.90. The van der Waals surface area contributed by atoms with Crippen molar-refractivity contribution in [2.75, 3.05) is 18.1 Å². The molecule has 0 unspecified atom stereocenters. The molecule has 0 amide bonds. The van der Waals surface area contributed by atoms with Crippen LogP contribution in [-0.4, -0.2) is 39.3 Å². The van der Waals surface area contributed by atoms with Crippen LogP contribution in [-0.2, 0) is 4.08 Å². The highest BCUT2D eigenvalue weighted by Gasteiger charge is 2.38. The summed E-state index contributed by atoms with van der Waals surface area (Å²) in [5.41, 5.74) is 2.14. The Morgan fingerprint density at radius 2 is 1.32 bits per heavy atom. The molecule has 224 valence electrons. The predicted octanol–water partition coefficient (Wildman–Crippen LogP) is 10.2. The monoisotopic (exact) mass is 586 g/mol. The van der Waals surface area contributed by atoms with E-state index in [-0.39, 0.29) is 10.2 Å². The molecule has 0 spiro atoms. The van der Waals surface area contributed by atoms with Gasteiger partial charge in [0.1, 0.15) is 5.75 Å². The number of hydrogen-bond acceptors (Lipinski definition) is 6. The number of benzene rings is 1. The molecule has 1 fully saturated rings. The molecule has 4 nitrogen and oxygen atoms in total. The number of thioether (sulfide) groups is 2. The Kier molecular flexibility index (Phi) is 16.5. The van der Waals surface area contributed by atoms with Crippen LogP contribution >= 0.6 is 23.5 Å². The summed E-state index contributed by atoms with van der Waals surface area (Å²) in [6.45, 7) is 5.29. The first-order chi connectivity index (χ1) is 19.7. The third kappa shape index (κ3) is 11.9. The number of aliphatic hydroxyl groups excluding tert-OH is 1. The zero-order chi connectivity index (χ0) is 28.3. The molecule has 0 aliphatic carbocycles. The maximum absolute atomic E-state index is 10.9. The number of rotatable bonds is 21. The molecule has 0 bridgehead atoms. The Hall–Kier alpha value is -1.24. The van der Waals surface area contributed by atoms with Crippen LogP contribution in [0.1, 0.15) is 129 Å². The number of aliphatic hydroxyl groups is 1. The van der Waals surface area contributed by atoms with Gasteiger partial charge in [0.15, 0.2) is 5.82 Å². The molecule has 2 aromatic rings. The van der Waals surface area contributed by atoms with E-state index in [9.17, 15) is 5.11 Å². The summed E-state index contributed by atoms with van der Waals surface area (Å²) in [4.78, 5) is 9.53. The van der Waals surface area contributed by atoms with E-state index < -0.39 is 0 Å². The molecule has 1 aromatic heterocycles. The molecule has 1 aromatic carbocycles. The van der Waals surface area contributed by atoms with Gasteiger partial charge in [0, 0.05) is 29.9 Å². The minimum Gasteiger partial charge on any atom is -0.494 e. The average Bonchev–Trinajstić information content (AvgIpc) is 2.99. The fourth-order valence-electron chi connectivity index (χ4n) is 5.35. The van der Waals surface area contributed by atoms with Crippen LogP contribution in [0.15, 0.2) is 36.7 Å². The standard InChI is InChI=1S/C34H54N2O2S2/c1-3-5-7-9-10-11-12-13-14-16-23-38-32-21-19-29(20-22-32)33-35-27-30(28-36-33)34(39-24-17-25-40-34)26-31(37)18-15-8-6-4-2/h19-22,27-28,31,37H,3-18,23-26H2,1-2H3/t31-/m1/s1. The van der Waals surface area contributed by atoms with Crippen molar-refractivity contribution >= 4 is 23.5 Å². The van der Waals surface area contributed by atoms with Gasteiger partial charge in [-0.3, -0.25) is 0 Å². The van der Waals surface area contributed by atoms with Gasteiger partial charge in [-0.05, 0) is 55.0 Å². The fraction of sp³-hybridized carbons (Fsp3) is 0.706. The zero-order valence-electron chi connectivity index (χ0n) is 25.2. The van der Waals surface area contributed by atoms with E-state index >= 15 is 0 Å². The van der Waals surface area contributed by atoms with Crippen LogP contribution in [0.5, 0.6) is 5.75 Å². The Morgan fingerprint density at radius 3 is 1.93 bits per heavy atom. The summed E-state index contributed by atoms with van der Waals surface area (Å²) < 4.78 is 5.84. The summed E-state index contributed by atoms with van der Waals surface area (Å²) >= 11 is 3.93. The molecule has 40 heavy (non-hydrogen) atoms. The lowest BCUT2D eigenvalue weighted by molar-refractivity contribution is 0.147. The van der Waals surface area contributed by atoms with Gasteiger partial charge in [-0.25, -0.2) is 9.97 Å². The number of nitrogens with zero attached hydrogens (tertiary/aromatic N) is 2. The Morgan fingerprint density at radius 1 is 0.775 bits per heavy atom. The molecule has 2 heterocycles. The third-order valence-electron chi connectivity index (χ3n) is 7.83. The number of aromatic nitrogens is 2. The molecule has 0 saturated carbocycles. The summed E-state index contributed by atoms with van der Waals surface area (Å²) in [6, 6.07) is 8.18. The molecule has 1 aliphatic heterocycles. The highest BCUT2D eigenvalue weighted by Crippen LogP contribution is 2.53. The number of ether oxygens (including phenoxy) is 1.